The van der Waals surface area contributed by atoms with Gasteiger partial charge in [-0.15, -0.1) is 0 Å². The standard InChI is InChI=1S/C40H77O9P/c1-3-5-7-9-11-13-15-17-19-20-22-24-26-28-30-32-40(43)49-39(37-48-50(44,45)47-35-38(42)34-41)36-46-33-31-29-27-25-23-21-18-16-14-12-10-8-6-4-2/h11,13,17,19,38-39,41-42H,3-10,12,14-16,18,20-37H2,1-2H3,(H,44,45)/b13-11-,19-17-. The first-order valence-electron chi connectivity index (χ1n) is 20.3. The number of esters is 1. The van der Waals surface area contributed by atoms with Crippen molar-refractivity contribution in [1.29, 1.82) is 0 Å². The Morgan fingerprint density at radius 3 is 1.64 bits per heavy atom. The second-order valence-electron chi connectivity index (χ2n) is 13.7. The Hall–Kier alpha value is -1.06. The molecule has 50 heavy (non-hydrogen) atoms. The summed E-state index contributed by atoms with van der Waals surface area (Å²) in [5.41, 5.74) is 0. The zero-order valence-corrected chi connectivity index (χ0v) is 33.0. The van der Waals surface area contributed by atoms with E-state index < -0.39 is 39.2 Å². The minimum atomic E-state index is -4.51. The SMILES string of the molecule is CCCCC/C=C\C/C=C\CCCCCCCC(=O)OC(COCCCCCCCCCCCCCCCC)COP(=O)(O)OCC(O)CO. The number of carbonyl (C=O) groups is 1. The molecule has 0 spiro atoms. The van der Waals surface area contributed by atoms with Crippen molar-refractivity contribution >= 4 is 13.8 Å². The fourth-order valence-electron chi connectivity index (χ4n) is 5.50. The molecule has 0 heterocycles. The third-order valence-electron chi connectivity index (χ3n) is 8.64. The number of aliphatic hydroxyl groups is 2. The number of hydrogen-bond acceptors (Lipinski definition) is 8. The quantitative estimate of drug-likeness (QED) is 0.0244. The highest BCUT2D eigenvalue weighted by atomic mass is 31.2. The van der Waals surface area contributed by atoms with Gasteiger partial charge in [-0.2, -0.15) is 0 Å². The maximum atomic E-state index is 12.6. The largest absolute Gasteiger partial charge is 0.472 e. The maximum absolute atomic E-state index is 12.6. The number of phosphoric acid groups is 1. The Morgan fingerprint density at radius 2 is 1.08 bits per heavy atom. The molecular formula is C40H77O9P. The molecule has 296 valence electrons. The summed E-state index contributed by atoms with van der Waals surface area (Å²) in [7, 11) is -4.51. The van der Waals surface area contributed by atoms with E-state index >= 15 is 0 Å². The number of phosphoric ester groups is 1. The molecule has 0 saturated carbocycles. The van der Waals surface area contributed by atoms with E-state index in [1.807, 2.05) is 0 Å². The number of rotatable bonds is 39. The van der Waals surface area contributed by atoms with Crippen molar-refractivity contribution in [2.45, 2.75) is 193 Å². The van der Waals surface area contributed by atoms with Crippen LogP contribution in [-0.2, 0) is 27.9 Å². The van der Waals surface area contributed by atoms with Gasteiger partial charge in [-0.1, -0.05) is 154 Å². The van der Waals surface area contributed by atoms with Gasteiger partial charge in [0.05, 0.1) is 26.4 Å². The van der Waals surface area contributed by atoms with Gasteiger partial charge >= 0.3 is 13.8 Å². The van der Waals surface area contributed by atoms with Gasteiger partial charge in [0.2, 0.25) is 0 Å². The van der Waals surface area contributed by atoms with E-state index in [1.165, 1.54) is 103 Å². The summed E-state index contributed by atoms with van der Waals surface area (Å²) in [5.74, 6) is -0.395. The van der Waals surface area contributed by atoms with Crippen LogP contribution in [0.3, 0.4) is 0 Å². The van der Waals surface area contributed by atoms with Crippen LogP contribution in [0.5, 0.6) is 0 Å². The summed E-state index contributed by atoms with van der Waals surface area (Å²) < 4.78 is 33.3. The van der Waals surface area contributed by atoms with Crippen LogP contribution in [0.4, 0.5) is 0 Å². The summed E-state index contributed by atoms with van der Waals surface area (Å²) >= 11 is 0. The van der Waals surface area contributed by atoms with Crippen molar-refractivity contribution in [1.82, 2.24) is 0 Å². The molecule has 0 rings (SSSR count). The van der Waals surface area contributed by atoms with Gasteiger partial charge in [-0.05, 0) is 44.9 Å². The van der Waals surface area contributed by atoms with Crippen LogP contribution in [0.1, 0.15) is 181 Å². The first kappa shape index (κ1) is 48.9. The Kier molecular flexibility index (Phi) is 36.9. The number of ether oxygens (including phenoxy) is 2. The number of unbranched alkanes of at least 4 members (excludes halogenated alkanes) is 21. The molecule has 0 aliphatic rings. The van der Waals surface area contributed by atoms with Gasteiger partial charge < -0.3 is 24.6 Å². The van der Waals surface area contributed by atoms with Crippen molar-refractivity contribution in [2.24, 2.45) is 0 Å². The monoisotopic (exact) mass is 733 g/mol. The molecule has 0 saturated heterocycles. The van der Waals surface area contributed by atoms with Gasteiger partial charge in [-0.25, -0.2) is 4.57 Å². The zero-order chi connectivity index (χ0) is 36.8. The van der Waals surface area contributed by atoms with E-state index in [2.05, 4.69) is 38.2 Å². The van der Waals surface area contributed by atoms with Crippen LogP contribution >= 0.6 is 7.82 Å². The van der Waals surface area contributed by atoms with E-state index in [0.29, 0.717) is 13.0 Å². The highest BCUT2D eigenvalue weighted by molar-refractivity contribution is 7.47. The molecule has 0 aromatic heterocycles. The number of carbonyl (C=O) groups excluding carboxylic acids is 1. The van der Waals surface area contributed by atoms with Crippen molar-refractivity contribution in [3.63, 3.8) is 0 Å². The molecule has 0 amide bonds. The molecule has 0 aliphatic heterocycles. The summed E-state index contributed by atoms with van der Waals surface area (Å²) in [5, 5.41) is 18.3. The van der Waals surface area contributed by atoms with Gasteiger partial charge in [-0.3, -0.25) is 13.8 Å². The minimum absolute atomic E-state index is 0.0472. The fraction of sp³-hybridized carbons (Fsp3) is 0.875. The van der Waals surface area contributed by atoms with Crippen LogP contribution in [0.15, 0.2) is 24.3 Å². The molecule has 10 heteroatoms. The first-order valence-corrected chi connectivity index (χ1v) is 21.8. The average molecular weight is 733 g/mol. The smallest absolute Gasteiger partial charge is 0.457 e. The van der Waals surface area contributed by atoms with Crippen molar-refractivity contribution in [3.05, 3.63) is 24.3 Å². The van der Waals surface area contributed by atoms with E-state index in [0.717, 1.165) is 51.4 Å². The topological polar surface area (TPSA) is 132 Å². The highest BCUT2D eigenvalue weighted by Crippen LogP contribution is 2.43. The molecule has 0 aromatic rings. The summed E-state index contributed by atoms with van der Waals surface area (Å²) in [6.45, 7) is 3.49. The summed E-state index contributed by atoms with van der Waals surface area (Å²) in [4.78, 5) is 22.5. The Labute approximate surface area is 306 Å². The number of hydrogen-bond donors (Lipinski definition) is 3. The fourth-order valence-corrected chi connectivity index (χ4v) is 6.29. The third kappa shape index (κ3) is 36.7. The maximum Gasteiger partial charge on any atom is 0.472 e. The lowest BCUT2D eigenvalue weighted by Gasteiger charge is -2.20. The van der Waals surface area contributed by atoms with Crippen molar-refractivity contribution < 1.29 is 43.0 Å². The van der Waals surface area contributed by atoms with Gasteiger partial charge in [0.1, 0.15) is 12.2 Å². The second-order valence-corrected chi connectivity index (χ2v) is 15.1. The van der Waals surface area contributed by atoms with Crippen LogP contribution in [0, 0.1) is 0 Å². The van der Waals surface area contributed by atoms with Gasteiger partial charge in [0.25, 0.3) is 0 Å². The van der Waals surface area contributed by atoms with Crippen LogP contribution < -0.4 is 0 Å². The zero-order valence-electron chi connectivity index (χ0n) is 32.1. The lowest BCUT2D eigenvalue weighted by atomic mass is 10.0. The first-order chi connectivity index (χ1) is 24.3. The molecule has 9 nitrogen and oxygen atoms in total. The lowest BCUT2D eigenvalue weighted by molar-refractivity contribution is -0.154. The molecule has 0 bridgehead atoms. The predicted octanol–water partition coefficient (Wildman–Crippen LogP) is 10.7. The van der Waals surface area contributed by atoms with E-state index in [1.54, 1.807) is 0 Å². The van der Waals surface area contributed by atoms with Crippen LogP contribution in [0.2, 0.25) is 0 Å². The lowest BCUT2D eigenvalue weighted by Crippen LogP contribution is -2.29. The molecule has 0 aromatic carbocycles. The molecule has 0 fully saturated rings. The Bertz CT molecular complexity index is 836. The van der Waals surface area contributed by atoms with Gasteiger partial charge in [0, 0.05) is 13.0 Å². The number of aliphatic hydroxyl groups excluding tert-OH is 2. The Morgan fingerprint density at radius 1 is 0.620 bits per heavy atom. The van der Waals surface area contributed by atoms with Crippen LogP contribution in [-0.4, -0.2) is 66.3 Å². The molecule has 3 atom stereocenters. The van der Waals surface area contributed by atoms with Gasteiger partial charge in [0.15, 0.2) is 0 Å². The minimum Gasteiger partial charge on any atom is -0.457 e. The predicted molar refractivity (Wildman–Crippen MR) is 205 cm³/mol. The second kappa shape index (κ2) is 37.7. The normalized spacial score (nSPS) is 14.4. The molecule has 3 unspecified atom stereocenters. The molecule has 0 aliphatic carbocycles. The summed E-state index contributed by atoms with van der Waals surface area (Å²) in [6.07, 6.45) is 37.0. The van der Waals surface area contributed by atoms with Crippen LogP contribution in [0.25, 0.3) is 0 Å². The molecule has 0 radical (unpaired) electrons. The Balaban J connectivity index is 4.22. The van der Waals surface area contributed by atoms with E-state index in [9.17, 15) is 19.4 Å². The molecule has 3 N–H and O–H groups in total. The van der Waals surface area contributed by atoms with Crippen molar-refractivity contribution in [2.75, 3.05) is 33.0 Å². The highest BCUT2D eigenvalue weighted by Gasteiger charge is 2.26. The number of allylic oxidation sites excluding steroid dienone is 4. The molecular weight excluding hydrogens is 655 g/mol. The van der Waals surface area contributed by atoms with E-state index in [4.69, 9.17) is 23.6 Å². The summed E-state index contributed by atoms with van der Waals surface area (Å²) in [6, 6.07) is 0. The third-order valence-corrected chi connectivity index (χ3v) is 9.59. The average Bonchev–Trinajstić information content (AvgIpc) is 3.10. The van der Waals surface area contributed by atoms with Crippen molar-refractivity contribution in [3.8, 4) is 0 Å². The van der Waals surface area contributed by atoms with E-state index in [-0.39, 0.29) is 19.6 Å².